The maximum absolute atomic E-state index is 13.9. The summed E-state index contributed by atoms with van der Waals surface area (Å²) in [6.07, 6.45) is -0.369. The van der Waals surface area contributed by atoms with E-state index < -0.39 is 5.60 Å². The number of hydrogen-bond acceptors (Lipinski definition) is 2. The summed E-state index contributed by atoms with van der Waals surface area (Å²) in [6, 6.07) is 4.95. The molecule has 0 bridgehead atoms. The maximum atomic E-state index is 13.9. The highest BCUT2D eigenvalue weighted by Crippen LogP contribution is 2.32. The molecule has 0 atom stereocenters. The van der Waals surface area contributed by atoms with Gasteiger partial charge in [0.15, 0.2) is 0 Å². The van der Waals surface area contributed by atoms with Gasteiger partial charge in [-0.2, -0.15) is 0 Å². The molecular weight excluding hydrogens is 259 g/mol. The Morgan fingerprint density at radius 2 is 2.10 bits per heavy atom. The fourth-order valence-electron chi connectivity index (χ4n) is 2.53. The molecule has 1 aliphatic rings. The number of amides is 1. The van der Waals surface area contributed by atoms with Gasteiger partial charge in [-0.05, 0) is 32.9 Å². The van der Waals surface area contributed by atoms with Gasteiger partial charge in [-0.3, -0.25) is 4.90 Å². The third kappa shape index (κ3) is 2.13. The number of hydrogen-bond donors (Lipinski definition) is 1. The number of halogens is 1. The van der Waals surface area contributed by atoms with Crippen LogP contribution in [0.15, 0.2) is 18.2 Å². The molecule has 0 unspecified atom stereocenters. The summed E-state index contributed by atoms with van der Waals surface area (Å²) in [6.45, 7) is 6.30. The normalized spacial score (nSPS) is 14.7. The van der Waals surface area contributed by atoms with Crippen molar-refractivity contribution < 1.29 is 13.9 Å². The first kappa shape index (κ1) is 13.0. The Bertz CT molecular complexity index is 685. The van der Waals surface area contributed by atoms with Crippen molar-refractivity contribution in [2.24, 2.45) is 0 Å². The van der Waals surface area contributed by atoms with Gasteiger partial charge in [0.2, 0.25) is 0 Å². The van der Waals surface area contributed by atoms with Crippen LogP contribution in [0.4, 0.5) is 9.18 Å². The van der Waals surface area contributed by atoms with Crippen molar-refractivity contribution in [3.8, 4) is 0 Å². The minimum Gasteiger partial charge on any atom is -0.444 e. The number of ether oxygens (including phenoxy) is 1. The van der Waals surface area contributed by atoms with E-state index in [1.807, 2.05) is 26.8 Å². The molecule has 0 radical (unpaired) electrons. The highest BCUT2D eigenvalue weighted by Gasteiger charge is 2.30. The van der Waals surface area contributed by atoms with Crippen LogP contribution in [0.2, 0.25) is 0 Å². The first-order valence-corrected chi connectivity index (χ1v) is 6.61. The van der Waals surface area contributed by atoms with E-state index in [9.17, 15) is 9.18 Å². The molecular formula is C15H17FN2O2. The lowest BCUT2D eigenvalue weighted by Gasteiger charge is -2.24. The monoisotopic (exact) mass is 276 g/mol. The van der Waals surface area contributed by atoms with E-state index in [0.29, 0.717) is 18.5 Å². The van der Waals surface area contributed by atoms with Crippen LogP contribution in [0.5, 0.6) is 0 Å². The topological polar surface area (TPSA) is 45.3 Å². The summed E-state index contributed by atoms with van der Waals surface area (Å²) >= 11 is 0. The van der Waals surface area contributed by atoms with Crippen molar-refractivity contribution in [1.29, 1.82) is 0 Å². The van der Waals surface area contributed by atoms with Gasteiger partial charge in [0.05, 0.1) is 13.1 Å². The zero-order chi connectivity index (χ0) is 14.5. The van der Waals surface area contributed by atoms with E-state index in [0.717, 1.165) is 16.8 Å². The smallest absolute Gasteiger partial charge is 0.410 e. The van der Waals surface area contributed by atoms with Crippen LogP contribution in [-0.4, -0.2) is 21.6 Å². The highest BCUT2D eigenvalue weighted by atomic mass is 19.1. The molecule has 1 aromatic carbocycles. The zero-order valence-electron chi connectivity index (χ0n) is 11.8. The minimum atomic E-state index is -0.527. The molecule has 2 heterocycles. The number of carbonyl (C=O) groups excluding carboxylic acids is 1. The molecule has 4 nitrogen and oxygen atoms in total. The first-order chi connectivity index (χ1) is 9.35. The molecule has 5 heteroatoms. The van der Waals surface area contributed by atoms with E-state index in [-0.39, 0.29) is 11.9 Å². The number of benzene rings is 1. The Morgan fingerprint density at radius 3 is 2.80 bits per heavy atom. The van der Waals surface area contributed by atoms with Gasteiger partial charge in [0, 0.05) is 22.2 Å². The van der Waals surface area contributed by atoms with Crippen molar-refractivity contribution in [1.82, 2.24) is 9.88 Å². The van der Waals surface area contributed by atoms with Gasteiger partial charge in [0.1, 0.15) is 11.4 Å². The summed E-state index contributed by atoms with van der Waals surface area (Å²) in [5, 5.41) is 0.577. The third-order valence-electron chi connectivity index (χ3n) is 3.31. The van der Waals surface area contributed by atoms with Crippen LogP contribution in [0.3, 0.4) is 0 Å². The minimum absolute atomic E-state index is 0.258. The quantitative estimate of drug-likeness (QED) is 0.799. The Labute approximate surface area is 116 Å². The van der Waals surface area contributed by atoms with Crippen LogP contribution < -0.4 is 0 Å². The predicted molar refractivity (Wildman–Crippen MR) is 73.7 cm³/mol. The summed E-state index contributed by atoms with van der Waals surface area (Å²) in [4.78, 5) is 16.8. The summed E-state index contributed by atoms with van der Waals surface area (Å²) in [5.41, 5.74) is 1.99. The van der Waals surface area contributed by atoms with E-state index in [1.54, 1.807) is 11.0 Å². The van der Waals surface area contributed by atoms with E-state index in [2.05, 4.69) is 4.98 Å². The van der Waals surface area contributed by atoms with Crippen LogP contribution >= 0.6 is 0 Å². The largest absolute Gasteiger partial charge is 0.444 e. The van der Waals surface area contributed by atoms with Crippen molar-refractivity contribution >= 4 is 17.0 Å². The second kappa shape index (κ2) is 4.23. The zero-order valence-corrected chi connectivity index (χ0v) is 11.8. The third-order valence-corrected chi connectivity index (χ3v) is 3.31. The molecule has 1 amide bonds. The number of carbonyl (C=O) groups is 1. The Hall–Kier alpha value is -2.04. The number of aromatic amines is 1. The fraction of sp³-hybridized carbons (Fsp3) is 0.400. The van der Waals surface area contributed by atoms with Gasteiger partial charge in [0.25, 0.3) is 0 Å². The van der Waals surface area contributed by atoms with Gasteiger partial charge in [-0.1, -0.05) is 6.07 Å². The fourth-order valence-corrected chi connectivity index (χ4v) is 2.53. The molecule has 20 heavy (non-hydrogen) atoms. The average Bonchev–Trinajstić information content (AvgIpc) is 2.83. The van der Waals surface area contributed by atoms with E-state index in [1.165, 1.54) is 6.07 Å². The molecule has 1 aliphatic heterocycles. The lowest BCUT2D eigenvalue weighted by atomic mass is 10.1. The number of aromatic nitrogens is 1. The number of fused-ring (bicyclic) bond motifs is 3. The molecule has 0 aliphatic carbocycles. The van der Waals surface area contributed by atoms with Crippen LogP contribution in [-0.2, 0) is 17.8 Å². The van der Waals surface area contributed by atoms with Crippen LogP contribution in [0.25, 0.3) is 10.9 Å². The molecule has 2 aromatic rings. The van der Waals surface area contributed by atoms with E-state index in [4.69, 9.17) is 4.74 Å². The lowest BCUT2D eigenvalue weighted by molar-refractivity contribution is 0.0240. The molecule has 106 valence electrons. The molecule has 3 rings (SSSR count). The maximum Gasteiger partial charge on any atom is 0.410 e. The van der Waals surface area contributed by atoms with Gasteiger partial charge >= 0.3 is 6.09 Å². The van der Waals surface area contributed by atoms with Gasteiger partial charge in [-0.25, -0.2) is 9.18 Å². The number of nitrogens with zero attached hydrogens (tertiary/aromatic N) is 1. The van der Waals surface area contributed by atoms with Gasteiger partial charge < -0.3 is 9.72 Å². The number of nitrogens with one attached hydrogen (secondary N) is 1. The Kier molecular flexibility index (Phi) is 2.74. The van der Waals surface area contributed by atoms with Crippen molar-refractivity contribution in [3.05, 3.63) is 35.3 Å². The van der Waals surface area contributed by atoms with Gasteiger partial charge in [-0.15, -0.1) is 0 Å². The SMILES string of the molecule is CC(C)(C)OC(=O)N1Cc2[nH]c3cccc(F)c3c2C1. The van der Waals surface area contributed by atoms with Crippen LogP contribution in [0.1, 0.15) is 32.0 Å². The standard InChI is InChI=1S/C15H17FN2O2/c1-15(2,3)20-14(19)18-7-9-12(8-18)17-11-6-4-5-10(16)13(9)11/h4-6,17H,7-8H2,1-3H3. The molecule has 1 aromatic heterocycles. The summed E-state index contributed by atoms with van der Waals surface area (Å²) in [5.74, 6) is -0.258. The summed E-state index contributed by atoms with van der Waals surface area (Å²) < 4.78 is 19.3. The molecule has 1 N–H and O–H groups in total. The molecule has 0 fully saturated rings. The Morgan fingerprint density at radius 1 is 1.35 bits per heavy atom. The highest BCUT2D eigenvalue weighted by molar-refractivity contribution is 5.86. The second-order valence-corrected chi connectivity index (χ2v) is 6.08. The van der Waals surface area contributed by atoms with E-state index >= 15 is 0 Å². The first-order valence-electron chi connectivity index (χ1n) is 6.61. The predicted octanol–water partition coefficient (Wildman–Crippen LogP) is 3.56. The second-order valence-electron chi connectivity index (χ2n) is 6.08. The Balaban J connectivity index is 1.88. The molecule has 0 saturated carbocycles. The van der Waals surface area contributed by atoms with Crippen molar-refractivity contribution in [2.45, 2.75) is 39.5 Å². The lowest BCUT2D eigenvalue weighted by Crippen LogP contribution is -2.33. The molecule has 0 saturated heterocycles. The number of rotatable bonds is 0. The molecule has 0 spiro atoms. The van der Waals surface area contributed by atoms with Crippen LogP contribution in [0, 0.1) is 5.82 Å². The number of H-pyrrole nitrogens is 1. The average molecular weight is 276 g/mol. The summed E-state index contributed by atoms with van der Waals surface area (Å²) in [7, 11) is 0. The van der Waals surface area contributed by atoms with Crippen molar-refractivity contribution in [2.75, 3.05) is 0 Å². The van der Waals surface area contributed by atoms with Crippen molar-refractivity contribution in [3.63, 3.8) is 0 Å².